The summed E-state index contributed by atoms with van der Waals surface area (Å²) in [6, 6.07) is 23.3. The van der Waals surface area contributed by atoms with Gasteiger partial charge in [-0.3, -0.25) is 19.3 Å². The molecule has 8 heteroatoms. The van der Waals surface area contributed by atoms with Crippen LogP contribution in [0.2, 0.25) is 0 Å². The third kappa shape index (κ3) is 6.61. The molecule has 0 spiro atoms. The van der Waals surface area contributed by atoms with Gasteiger partial charge in [-0.15, -0.1) is 0 Å². The monoisotopic (exact) mass is 501 g/mol. The van der Waals surface area contributed by atoms with Gasteiger partial charge in [-0.2, -0.15) is 0 Å². The first-order chi connectivity index (χ1) is 18.0. The summed E-state index contributed by atoms with van der Waals surface area (Å²) in [5.74, 6) is -0.372. The third-order valence-corrected chi connectivity index (χ3v) is 6.37. The van der Waals surface area contributed by atoms with Crippen molar-refractivity contribution in [2.75, 3.05) is 20.2 Å². The molecule has 1 heterocycles. The second kappa shape index (κ2) is 12.3. The van der Waals surface area contributed by atoms with Crippen LogP contribution in [0.4, 0.5) is 0 Å². The van der Waals surface area contributed by atoms with Crippen molar-refractivity contribution >= 4 is 17.7 Å². The summed E-state index contributed by atoms with van der Waals surface area (Å²) >= 11 is 0. The van der Waals surface area contributed by atoms with Gasteiger partial charge in [-0.05, 0) is 41.8 Å². The highest BCUT2D eigenvalue weighted by Crippen LogP contribution is 2.22. The summed E-state index contributed by atoms with van der Waals surface area (Å²) < 4.78 is 5.25. The largest absolute Gasteiger partial charge is 0.497 e. The zero-order valence-corrected chi connectivity index (χ0v) is 20.7. The Hall–Kier alpha value is -4.01. The predicted molar refractivity (Wildman–Crippen MR) is 139 cm³/mol. The SMILES string of the molecule is COc1cccc(CNC[C@H](O)[C@H](Cc2ccccc2)NC(=O)CCN2C(=O)c3ccccc3C2=O)c1. The number of carbonyl (C=O) groups is 3. The molecular weight excluding hydrogens is 470 g/mol. The third-order valence-electron chi connectivity index (χ3n) is 6.37. The van der Waals surface area contributed by atoms with Gasteiger partial charge in [0.2, 0.25) is 5.91 Å². The molecule has 8 nitrogen and oxygen atoms in total. The highest BCUT2D eigenvalue weighted by Gasteiger charge is 2.35. The Bertz CT molecular complexity index is 1210. The lowest BCUT2D eigenvalue weighted by Crippen LogP contribution is -2.49. The molecule has 3 aromatic rings. The van der Waals surface area contributed by atoms with Gasteiger partial charge in [0.05, 0.1) is 30.4 Å². The summed E-state index contributed by atoms with van der Waals surface area (Å²) in [5, 5.41) is 17.1. The summed E-state index contributed by atoms with van der Waals surface area (Å²) in [6.45, 7) is 0.758. The van der Waals surface area contributed by atoms with Crippen molar-refractivity contribution in [3.63, 3.8) is 0 Å². The summed E-state index contributed by atoms with van der Waals surface area (Å²) in [5.41, 5.74) is 2.69. The zero-order chi connectivity index (χ0) is 26.2. The van der Waals surface area contributed by atoms with Gasteiger partial charge >= 0.3 is 0 Å². The molecule has 4 rings (SSSR count). The van der Waals surface area contributed by atoms with Crippen LogP contribution >= 0.6 is 0 Å². The highest BCUT2D eigenvalue weighted by molar-refractivity contribution is 6.21. The molecule has 0 radical (unpaired) electrons. The van der Waals surface area contributed by atoms with E-state index in [1.807, 2.05) is 54.6 Å². The molecule has 0 bridgehead atoms. The molecule has 37 heavy (non-hydrogen) atoms. The van der Waals surface area contributed by atoms with Crippen molar-refractivity contribution < 1.29 is 24.2 Å². The average molecular weight is 502 g/mol. The Labute approximate surface area is 216 Å². The maximum absolute atomic E-state index is 12.9. The molecular formula is C29H31N3O5. The Morgan fingerprint density at radius 1 is 0.919 bits per heavy atom. The summed E-state index contributed by atoms with van der Waals surface area (Å²) in [7, 11) is 1.61. The van der Waals surface area contributed by atoms with Crippen molar-refractivity contribution in [1.29, 1.82) is 0 Å². The number of aliphatic hydroxyl groups is 1. The van der Waals surface area contributed by atoms with Crippen LogP contribution in [-0.4, -0.2) is 60.1 Å². The van der Waals surface area contributed by atoms with Gasteiger partial charge < -0.3 is 20.5 Å². The van der Waals surface area contributed by atoms with Crippen LogP contribution in [0.1, 0.15) is 38.3 Å². The summed E-state index contributed by atoms with van der Waals surface area (Å²) in [6.07, 6.45) is -0.489. The number of nitrogens with one attached hydrogen (secondary N) is 2. The number of rotatable bonds is 12. The second-order valence-corrected chi connectivity index (χ2v) is 8.97. The minimum atomic E-state index is -0.867. The lowest BCUT2D eigenvalue weighted by molar-refractivity contribution is -0.122. The number of aliphatic hydroxyl groups excluding tert-OH is 1. The molecule has 0 unspecified atom stereocenters. The van der Waals surface area contributed by atoms with Crippen LogP contribution in [0.15, 0.2) is 78.9 Å². The highest BCUT2D eigenvalue weighted by atomic mass is 16.5. The number of methoxy groups -OCH3 is 1. The average Bonchev–Trinajstić information content (AvgIpc) is 3.17. The maximum Gasteiger partial charge on any atom is 0.261 e. The normalized spacial score (nSPS) is 14.3. The second-order valence-electron chi connectivity index (χ2n) is 8.97. The van der Waals surface area contributed by atoms with E-state index >= 15 is 0 Å². The van der Waals surface area contributed by atoms with Crippen molar-refractivity contribution in [1.82, 2.24) is 15.5 Å². The van der Waals surface area contributed by atoms with Crippen molar-refractivity contribution in [2.45, 2.75) is 31.5 Å². The first-order valence-corrected chi connectivity index (χ1v) is 12.3. The van der Waals surface area contributed by atoms with Crippen molar-refractivity contribution in [3.8, 4) is 5.75 Å². The van der Waals surface area contributed by atoms with E-state index < -0.39 is 24.0 Å². The molecule has 1 aliphatic heterocycles. The van der Waals surface area contributed by atoms with Crippen molar-refractivity contribution in [2.24, 2.45) is 0 Å². The Kier molecular flexibility index (Phi) is 8.66. The van der Waals surface area contributed by atoms with Gasteiger partial charge in [0.15, 0.2) is 0 Å². The predicted octanol–water partition coefficient (Wildman–Crippen LogP) is 2.56. The topological polar surface area (TPSA) is 108 Å². The van der Waals surface area contributed by atoms with Gasteiger partial charge in [-0.1, -0.05) is 54.6 Å². The fourth-order valence-corrected chi connectivity index (χ4v) is 4.37. The number of benzene rings is 3. The number of imide groups is 1. The van der Waals surface area contributed by atoms with E-state index in [1.54, 1.807) is 31.4 Å². The molecule has 0 saturated carbocycles. The fourth-order valence-electron chi connectivity index (χ4n) is 4.37. The van der Waals surface area contributed by atoms with E-state index in [9.17, 15) is 19.5 Å². The number of fused-ring (bicyclic) bond motifs is 1. The number of amides is 3. The number of carbonyl (C=O) groups excluding carboxylic acids is 3. The van der Waals surface area contributed by atoms with Crippen LogP contribution < -0.4 is 15.4 Å². The van der Waals surface area contributed by atoms with E-state index in [-0.39, 0.29) is 25.4 Å². The van der Waals surface area contributed by atoms with E-state index in [4.69, 9.17) is 4.74 Å². The van der Waals surface area contributed by atoms with E-state index in [0.717, 1.165) is 21.8 Å². The molecule has 0 saturated heterocycles. The molecule has 3 aromatic carbocycles. The fraction of sp³-hybridized carbons (Fsp3) is 0.276. The Morgan fingerprint density at radius 2 is 1.57 bits per heavy atom. The molecule has 2 atom stereocenters. The van der Waals surface area contributed by atoms with Crippen molar-refractivity contribution in [3.05, 3.63) is 101 Å². The minimum absolute atomic E-state index is 0.0274. The van der Waals surface area contributed by atoms with Gasteiger partial charge in [0.25, 0.3) is 11.8 Å². The van der Waals surface area contributed by atoms with E-state index in [0.29, 0.717) is 24.1 Å². The lowest BCUT2D eigenvalue weighted by Gasteiger charge is -2.25. The summed E-state index contributed by atoms with van der Waals surface area (Å²) in [4.78, 5) is 39.1. The smallest absolute Gasteiger partial charge is 0.261 e. The first kappa shape index (κ1) is 26.1. The minimum Gasteiger partial charge on any atom is -0.497 e. The number of hydrogen-bond acceptors (Lipinski definition) is 6. The Balaban J connectivity index is 1.34. The van der Waals surface area contributed by atoms with Crippen LogP contribution in [0.25, 0.3) is 0 Å². The molecule has 192 valence electrons. The van der Waals surface area contributed by atoms with Gasteiger partial charge in [0.1, 0.15) is 5.75 Å². The quantitative estimate of drug-likeness (QED) is 0.329. The van der Waals surface area contributed by atoms with E-state index in [2.05, 4.69) is 10.6 Å². The van der Waals surface area contributed by atoms with Crippen LogP contribution in [0.3, 0.4) is 0 Å². The molecule has 0 aromatic heterocycles. The standard InChI is InChI=1S/C29H31N3O5/c1-37-22-11-7-10-21(16-22)18-30-19-26(33)25(17-20-8-3-2-4-9-20)31-27(34)14-15-32-28(35)23-12-5-6-13-24(23)29(32)36/h2-13,16,25-26,30,33H,14-15,17-19H2,1H3,(H,31,34)/t25-,26-/m0/s1. The van der Waals surface area contributed by atoms with Crippen LogP contribution in [0, 0.1) is 0 Å². The molecule has 3 amide bonds. The van der Waals surface area contributed by atoms with E-state index in [1.165, 1.54) is 0 Å². The van der Waals surface area contributed by atoms with Crippen LogP contribution in [0.5, 0.6) is 5.75 Å². The first-order valence-electron chi connectivity index (χ1n) is 12.3. The lowest BCUT2D eigenvalue weighted by atomic mass is 10.0. The molecule has 1 aliphatic rings. The molecule has 0 fully saturated rings. The maximum atomic E-state index is 12.9. The molecule has 0 aliphatic carbocycles. The number of hydrogen-bond donors (Lipinski definition) is 3. The van der Waals surface area contributed by atoms with Crippen LogP contribution in [-0.2, 0) is 17.8 Å². The zero-order valence-electron chi connectivity index (χ0n) is 20.7. The number of ether oxygens (including phenoxy) is 1. The Morgan fingerprint density at radius 3 is 2.24 bits per heavy atom. The molecule has 3 N–H and O–H groups in total. The van der Waals surface area contributed by atoms with Gasteiger partial charge in [0, 0.05) is 26.1 Å². The number of nitrogens with zero attached hydrogens (tertiary/aromatic N) is 1. The van der Waals surface area contributed by atoms with Gasteiger partial charge in [-0.25, -0.2) is 0 Å².